The molecule has 0 radical (unpaired) electrons. The van der Waals surface area contributed by atoms with Crippen molar-refractivity contribution in [3.05, 3.63) is 75.3 Å². The normalized spacial score (nSPS) is 10.5. The molecule has 0 aliphatic carbocycles. The van der Waals surface area contributed by atoms with Crippen LogP contribution in [0, 0.1) is 21.7 Å². The standard InChI is InChI=1S/C14H11F2NO3/c15-12-6-2-1-4-10(12)8-20-9-11-5-3-7-13(14(11)16)17(18)19/h1-7H,8-9H2. The Balaban J connectivity index is 2.03. The molecule has 0 amide bonds. The molecule has 20 heavy (non-hydrogen) atoms. The van der Waals surface area contributed by atoms with Crippen LogP contribution < -0.4 is 0 Å². The molecule has 0 atom stereocenters. The molecular weight excluding hydrogens is 268 g/mol. The summed E-state index contributed by atoms with van der Waals surface area (Å²) in [7, 11) is 0. The molecule has 6 heteroatoms. The van der Waals surface area contributed by atoms with Crippen molar-refractivity contribution >= 4 is 5.69 Å². The van der Waals surface area contributed by atoms with Crippen LogP contribution in [0.4, 0.5) is 14.5 Å². The van der Waals surface area contributed by atoms with Crippen LogP contribution in [0.15, 0.2) is 42.5 Å². The molecule has 0 unspecified atom stereocenters. The highest BCUT2D eigenvalue weighted by Crippen LogP contribution is 2.21. The Morgan fingerprint density at radius 2 is 1.65 bits per heavy atom. The minimum atomic E-state index is -0.925. The molecule has 0 bridgehead atoms. The number of rotatable bonds is 5. The van der Waals surface area contributed by atoms with E-state index < -0.39 is 22.2 Å². The lowest BCUT2D eigenvalue weighted by atomic mass is 10.2. The van der Waals surface area contributed by atoms with Gasteiger partial charge in [-0.25, -0.2) is 4.39 Å². The van der Waals surface area contributed by atoms with E-state index in [1.165, 1.54) is 18.2 Å². The first-order valence-electron chi connectivity index (χ1n) is 5.82. The van der Waals surface area contributed by atoms with Crippen LogP contribution in [0.25, 0.3) is 0 Å². The van der Waals surface area contributed by atoms with E-state index >= 15 is 0 Å². The molecule has 4 nitrogen and oxygen atoms in total. The maximum atomic E-state index is 13.7. The molecule has 0 saturated carbocycles. The number of nitro groups is 1. The third kappa shape index (κ3) is 3.16. The Bertz CT molecular complexity index is 632. The Hall–Kier alpha value is -2.34. The SMILES string of the molecule is O=[N+]([O-])c1cccc(COCc2ccccc2F)c1F. The van der Waals surface area contributed by atoms with E-state index in [1.54, 1.807) is 18.2 Å². The summed E-state index contributed by atoms with van der Waals surface area (Å²) in [6.45, 7) is -0.198. The Morgan fingerprint density at radius 3 is 2.35 bits per heavy atom. The average Bonchev–Trinajstić information content (AvgIpc) is 2.42. The molecule has 0 aliphatic rings. The van der Waals surface area contributed by atoms with Gasteiger partial charge < -0.3 is 4.74 Å². The highest BCUT2D eigenvalue weighted by Gasteiger charge is 2.17. The van der Waals surface area contributed by atoms with E-state index in [-0.39, 0.29) is 18.8 Å². The van der Waals surface area contributed by atoms with E-state index in [0.717, 1.165) is 6.07 Å². The van der Waals surface area contributed by atoms with Crippen LogP contribution in [-0.4, -0.2) is 4.92 Å². The van der Waals surface area contributed by atoms with Crippen LogP contribution in [0.2, 0.25) is 0 Å². The summed E-state index contributed by atoms with van der Waals surface area (Å²) < 4.78 is 32.3. The molecule has 0 heterocycles. The number of nitro benzene ring substituents is 1. The summed E-state index contributed by atoms with van der Waals surface area (Å²) in [5, 5.41) is 10.6. The van der Waals surface area contributed by atoms with Gasteiger partial charge >= 0.3 is 5.69 Å². The second kappa shape index (κ2) is 6.21. The molecule has 2 rings (SSSR count). The fourth-order valence-corrected chi connectivity index (χ4v) is 1.71. The van der Waals surface area contributed by atoms with Gasteiger partial charge in [0.1, 0.15) is 5.82 Å². The third-order valence-electron chi connectivity index (χ3n) is 2.73. The highest BCUT2D eigenvalue weighted by molar-refractivity contribution is 5.36. The van der Waals surface area contributed by atoms with Gasteiger partial charge in [0.05, 0.1) is 18.1 Å². The van der Waals surface area contributed by atoms with E-state index in [2.05, 4.69) is 0 Å². The second-order valence-electron chi connectivity index (χ2n) is 4.09. The number of benzene rings is 2. The first kappa shape index (κ1) is 14.1. The number of hydrogen-bond acceptors (Lipinski definition) is 3. The van der Waals surface area contributed by atoms with Crippen molar-refractivity contribution < 1.29 is 18.4 Å². The predicted molar refractivity (Wildman–Crippen MR) is 67.9 cm³/mol. The molecule has 2 aromatic rings. The zero-order valence-corrected chi connectivity index (χ0v) is 10.4. The molecule has 0 saturated heterocycles. The maximum Gasteiger partial charge on any atom is 0.305 e. The summed E-state index contributed by atoms with van der Waals surface area (Å²) in [4.78, 5) is 9.79. The summed E-state index contributed by atoms with van der Waals surface area (Å²) in [5.74, 6) is -1.34. The van der Waals surface area contributed by atoms with Crippen molar-refractivity contribution in [2.75, 3.05) is 0 Å². The monoisotopic (exact) mass is 279 g/mol. The molecular formula is C14H11F2NO3. The molecule has 104 valence electrons. The molecule has 0 aromatic heterocycles. The zero-order valence-electron chi connectivity index (χ0n) is 10.4. The average molecular weight is 279 g/mol. The maximum absolute atomic E-state index is 13.7. The summed E-state index contributed by atoms with van der Waals surface area (Å²) >= 11 is 0. The molecule has 0 fully saturated rings. The fraction of sp³-hybridized carbons (Fsp3) is 0.143. The first-order valence-corrected chi connectivity index (χ1v) is 5.82. The van der Waals surface area contributed by atoms with Crippen LogP contribution >= 0.6 is 0 Å². The van der Waals surface area contributed by atoms with Gasteiger partial charge in [-0.3, -0.25) is 10.1 Å². The van der Waals surface area contributed by atoms with Gasteiger partial charge in [-0.15, -0.1) is 0 Å². The second-order valence-corrected chi connectivity index (χ2v) is 4.09. The van der Waals surface area contributed by atoms with Crippen molar-refractivity contribution in [3.63, 3.8) is 0 Å². The summed E-state index contributed by atoms with van der Waals surface area (Å²) in [6, 6.07) is 9.92. The predicted octanol–water partition coefficient (Wildman–Crippen LogP) is 3.59. The van der Waals surface area contributed by atoms with Gasteiger partial charge in [0.15, 0.2) is 0 Å². The van der Waals surface area contributed by atoms with Crippen LogP contribution in [0.1, 0.15) is 11.1 Å². The van der Waals surface area contributed by atoms with E-state index in [4.69, 9.17) is 4.74 Å². The fourth-order valence-electron chi connectivity index (χ4n) is 1.71. The zero-order chi connectivity index (χ0) is 14.5. The smallest absolute Gasteiger partial charge is 0.305 e. The van der Waals surface area contributed by atoms with Crippen LogP contribution in [0.3, 0.4) is 0 Å². The Kier molecular flexibility index (Phi) is 4.37. The first-order chi connectivity index (χ1) is 9.59. The lowest BCUT2D eigenvalue weighted by Gasteiger charge is -2.06. The minimum Gasteiger partial charge on any atom is -0.372 e. The van der Waals surface area contributed by atoms with Gasteiger partial charge in [0, 0.05) is 17.2 Å². The number of halogens is 2. The number of nitrogens with zero attached hydrogens (tertiary/aromatic N) is 1. The van der Waals surface area contributed by atoms with E-state index in [0.29, 0.717) is 5.56 Å². The van der Waals surface area contributed by atoms with Crippen molar-refractivity contribution in [1.29, 1.82) is 0 Å². The van der Waals surface area contributed by atoms with Gasteiger partial charge in [0.2, 0.25) is 5.82 Å². The topological polar surface area (TPSA) is 52.4 Å². The summed E-state index contributed by atoms with van der Waals surface area (Å²) in [5.41, 5.74) is -0.189. The molecule has 0 spiro atoms. The lowest BCUT2D eigenvalue weighted by molar-refractivity contribution is -0.387. The molecule has 0 N–H and O–H groups in total. The largest absolute Gasteiger partial charge is 0.372 e. The van der Waals surface area contributed by atoms with Gasteiger partial charge in [-0.2, -0.15) is 4.39 Å². The number of ether oxygens (including phenoxy) is 1. The third-order valence-corrected chi connectivity index (χ3v) is 2.73. The van der Waals surface area contributed by atoms with Crippen molar-refractivity contribution in [1.82, 2.24) is 0 Å². The molecule has 0 aliphatic heterocycles. The highest BCUT2D eigenvalue weighted by atomic mass is 19.1. The quantitative estimate of drug-likeness (QED) is 0.620. The van der Waals surface area contributed by atoms with E-state index in [1.807, 2.05) is 0 Å². The lowest BCUT2D eigenvalue weighted by Crippen LogP contribution is -2.01. The van der Waals surface area contributed by atoms with Crippen LogP contribution in [0.5, 0.6) is 0 Å². The number of hydrogen-bond donors (Lipinski definition) is 0. The molecule has 2 aromatic carbocycles. The van der Waals surface area contributed by atoms with Crippen molar-refractivity contribution in [2.24, 2.45) is 0 Å². The van der Waals surface area contributed by atoms with Gasteiger partial charge in [0.25, 0.3) is 0 Å². The summed E-state index contributed by atoms with van der Waals surface area (Å²) in [6.07, 6.45) is 0. The van der Waals surface area contributed by atoms with Crippen LogP contribution in [-0.2, 0) is 18.0 Å². The van der Waals surface area contributed by atoms with Gasteiger partial charge in [-0.1, -0.05) is 30.3 Å². The van der Waals surface area contributed by atoms with Gasteiger partial charge in [-0.05, 0) is 6.07 Å². The van der Waals surface area contributed by atoms with Crippen molar-refractivity contribution in [2.45, 2.75) is 13.2 Å². The minimum absolute atomic E-state index is 0.0329. The Morgan fingerprint density at radius 1 is 1.00 bits per heavy atom. The van der Waals surface area contributed by atoms with Crippen molar-refractivity contribution in [3.8, 4) is 0 Å². The Labute approximate surface area is 113 Å². The van der Waals surface area contributed by atoms with E-state index in [9.17, 15) is 18.9 Å².